The Labute approximate surface area is 817 Å². The van der Waals surface area contributed by atoms with Crippen LogP contribution in [0.4, 0.5) is 0 Å². The topological polar surface area (TPSA) is 53.5 Å². The molecule has 3 aromatic heterocycles. The summed E-state index contributed by atoms with van der Waals surface area (Å²) in [4.78, 5) is 14.9. The molecule has 0 aliphatic heterocycles. The van der Waals surface area contributed by atoms with Gasteiger partial charge in [0.1, 0.15) is 8.07 Å². The average molecular weight is 1980 g/mol. The van der Waals surface area contributed by atoms with E-state index in [1.807, 2.05) is 18.6 Å². The molecule has 0 amide bonds. The van der Waals surface area contributed by atoms with Crippen molar-refractivity contribution in [3.8, 4) is 84.6 Å². The van der Waals surface area contributed by atoms with E-state index < -0.39 is 24.2 Å². The molecule has 6 nitrogen and oxygen atoms in total. The number of para-hydroxylation sites is 3. The number of aromatic nitrogens is 6. The van der Waals surface area contributed by atoms with Gasteiger partial charge in [0.25, 0.3) is 0 Å². The van der Waals surface area contributed by atoms with Gasteiger partial charge in [0.05, 0.1) is 17.5 Å². The van der Waals surface area contributed by atoms with Crippen LogP contribution in [0.5, 0.6) is 0 Å². The minimum Gasteiger partial charge on any atom is -0.339 e. The van der Waals surface area contributed by atoms with Crippen molar-refractivity contribution in [2.45, 2.75) is 59.3 Å². The molecule has 3 heterocycles. The Hall–Kier alpha value is -15.1. The summed E-state index contributed by atoms with van der Waals surface area (Å²) in [5.74, 6) is 3.68. The summed E-state index contributed by atoms with van der Waals surface area (Å²) in [6.07, 6.45) is 12.0. The van der Waals surface area contributed by atoms with Gasteiger partial charge in [-0.1, -0.05) is 476 Å². The van der Waals surface area contributed by atoms with Crippen LogP contribution in [0.25, 0.3) is 84.6 Å². The number of hydrogen-bond acceptors (Lipinski definition) is 3. The number of benzene rings is 18. The first-order valence-corrected chi connectivity index (χ1v) is 52.8. The number of rotatable bonds is 24. The van der Waals surface area contributed by atoms with Crippen molar-refractivity contribution in [2.24, 2.45) is 0 Å². The van der Waals surface area contributed by atoms with Crippen LogP contribution in [0.1, 0.15) is 76.0 Å². The Morgan fingerprint density at radius 2 is 0.441 bits per heavy atom. The zero-order chi connectivity index (χ0) is 91.9. The Kier molecular flexibility index (Phi) is 28.2. The fourth-order valence-corrected chi connectivity index (χ4v) is 34.4. The van der Waals surface area contributed by atoms with Gasteiger partial charge in [0, 0.05) is 70.9 Å². The summed E-state index contributed by atoms with van der Waals surface area (Å²) < 4.78 is 6.79. The van der Waals surface area contributed by atoms with Crippen molar-refractivity contribution in [3.05, 3.63) is 545 Å². The van der Waals surface area contributed by atoms with Gasteiger partial charge in [-0.05, 0) is 82.3 Å². The maximum absolute atomic E-state index is 4.99. The third kappa shape index (κ3) is 18.0. The fourth-order valence-electron chi connectivity index (χ4n) is 20.1. The van der Waals surface area contributed by atoms with E-state index in [4.69, 9.17) is 15.0 Å². The predicted octanol–water partition coefficient (Wildman–Crippen LogP) is 22.5. The molecule has 0 aliphatic rings. The third-order valence-electron chi connectivity index (χ3n) is 26.3. The Balaban J connectivity index is 0.000000135. The average Bonchev–Trinajstić information content (AvgIpc) is 0.863. The quantitative estimate of drug-likeness (QED) is 0.0344. The summed E-state index contributed by atoms with van der Waals surface area (Å²) >= 11 is 0. The molecule has 0 fully saturated rings. The largest absolute Gasteiger partial charge is 3.00 e. The second kappa shape index (κ2) is 42.0. The van der Waals surface area contributed by atoms with E-state index in [2.05, 4.69) is 565 Å². The standard InChI is InChI=1S/3C42H35N2Si.Ir/c2*1-32(2)39-27-16-28-40(33-17-7-3-8-18-33)41(39)44-30-29-43-42(44)34-19-15-26-38(31-34)45(35-20-9-4-10-21-35,36-22-11-5-12-23-36)37-24-13-6-14-25-37;1-32(2)39-24-15-25-40(33-16-7-3-8-17-33)41(39)44-31-30-43-42(44)34-26-28-38(29-27-34)45(35-18-9-4-10-19-35,36-20-11-5-12-21-36)37-22-13-6-14-23-37;/h2*3-18,20-32H,1-2H3;3-26,28-32H,1-2H3;/q3*-1;+3. The van der Waals surface area contributed by atoms with Crippen molar-refractivity contribution >= 4 is 86.5 Å². The van der Waals surface area contributed by atoms with E-state index in [1.165, 1.54) is 129 Å². The normalized spacial score (nSPS) is 11.4. The van der Waals surface area contributed by atoms with Crippen molar-refractivity contribution in [1.29, 1.82) is 0 Å². The van der Waals surface area contributed by atoms with Crippen LogP contribution in [-0.2, 0) is 20.1 Å². The van der Waals surface area contributed by atoms with E-state index in [9.17, 15) is 0 Å². The molecule has 136 heavy (non-hydrogen) atoms. The zero-order valence-electron chi connectivity index (χ0n) is 77.2. The first-order valence-electron chi connectivity index (χ1n) is 46.8. The maximum atomic E-state index is 4.99. The van der Waals surface area contributed by atoms with Gasteiger partial charge in [-0.25, -0.2) is 0 Å². The van der Waals surface area contributed by atoms with E-state index in [-0.39, 0.29) is 20.1 Å². The van der Waals surface area contributed by atoms with Crippen molar-refractivity contribution in [2.75, 3.05) is 0 Å². The molecule has 0 radical (unpaired) electrons. The van der Waals surface area contributed by atoms with E-state index in [0.29, 0.717) is 17.8 Å². The minimum absolute atomic E-state index is 0. The molecule has 0 aliphatic carbocycles. The number of hydrogen-bond donors (Lipinski definition) is 0. The molecule has 0 atom stereocenters. The van der Waals surface area contributed by atoms with Crippen LogP contribution in [0, 0.1) is 18.2 Å². The minimum atomic E-state index is -2.69. The number of imidazole rings is 3. The second-order valence-electron chi connectivity index (χ2n) is 35.2. The number of nitrogens with zero attached hydrogens (tertiary/aromatic N) is 6. The van der Waals surface area contributed by atoms with Crippen LogP contribution in [0.2, 0.25) is 0 Å². The van der Waals surface area contributed by atoms with Gasteiger partial charge < -0.3 is 13.7 Å². The Morgan fingerprint density at radius 1 is 0.213 bits per heavy atom. The van der Waals surface area contributed by atoms with Crippen LogP contribution in [0.3, 0.4) is 0 Å². The molecule has 21 rings (SSSR count). The SMILES string of the molecule is CC(C)c1cccc(-c2ccccc2)c1-n1ccnc1-c1[c-]cc([Si](c2ccccc2)(c2ccccc2)c2ccccc2)cc1.CC(C)c1cccc(-c2ccccc2)c1-n1ccnc1-c1[c-]ccc([Si](c2ccccc2)(c2ccccc2)c2ccccc2)c1.CC(C)c1cccc(-c2ccccc2)c1-n1ccnc1-c1[c-]ccc([Si](c2ccccc2)(c2ccccc2)c2ccccc2)c1.[Ir+3]. The van der Waals surface area contributed by atoms with Gasteiger partial charge in [-0.3, -0.25) is 15.0 Å². The summed E-state index contributed by atoms with van der Waals surface area (Å²) in [6, 6.07) is 182. The molecule has 18 aromatic carbocycles. The van der Waals surface area contributed by atoms with Crippen LogP contribution >= 0.6 is 0 Å². The molecule has 660 valence electrons. The second-order valence-corrected chi connectivity index (χ2v) is 46.6. The third-order valence-corrected chi connectivity index (χ3v) is 40.6. The first-order chi connectivity index (χ1) is 66.5. The molecule has 0 bridgehead atoms. The molecule has 21 aromatic rings. The summed E-state index contributed by atoms with van der Waals surface area (Å²) in [6.45, 7) is 13.6. The molecule has 0 saturated carbocycles. The molecule has 0 spiro atoms. The predicted molar refractivity (Wildman–Crippen MR) is 573 cm³/mol. The van der Waals surface area contributed by atoms with Gasteiger partial charge in [-0.2, -0.15) is 0 Å². The molecule has 0 unspecified atom stereocenters. The van der Waals surface area contributed by atoms with E-state index in [1.54, 1.807) is 0 Å². The zero-order valence-corrected chi connectivity index (χ0v) is 82.6. The monoisotopic (exact) mass is 1980 g/mol. The molecule has 10 heteroatoms. The van der Waals surface area contributed by atoms with Crippen LogP contribution in [-0.4, -0.2) is 52.9 Å². The van der Waals surface area contributed by atoms with Gasteiger partial charge >= 0.3 is 20.1 Å². The van der Waals surface area contributed by atoms with E-state index in [0.717, 1.165) is 34.2 Å². The molecular weight excluding hydrogens is 1870 g/mol. The molecule has 0 saturated heterocycles. The van der Waals surface area contributed by atoms with Crippen molar-refractivity contribution in [1.82, 2.24) is 28.7 Å². The van der Waals surface area contributed by atoms with E-state index >= 15 is 0 Å². The molecular formula is C126H105IrN6Si3. The van der Waals surface area contributed by atoms with Crippen LogP contribution < -0.4 is 62.2 Å². The maximum Gasteiger partial charge on any atom is 3.00 e. The molecule has 0 N–H and O–H groups in total. The van der Waals surface area contributed by atoms with Gasteiger partial charge in [0.15, 0.2) is 16.1 Å². The van der Waals surface area contributed by atoms with Gasteiger partial charge in [-0.15, -0.1) is 105 Å². The van der Waals surface area contributed by atoms with Crippen molar-refractivity contribution in [3.63, 3.8) is 0 Å². The Morgan fingerprint density at radius 3 is 0.669 bits per heavy atom. The first kappa shape index (κ1) is 91.4. The van der Waals surface area contributed by atoms with Gasteiger partial charge in [0.2, 0.25) is 0 Å². The summed E-state index contributed by atoms with van der Waals surface area (Å²) in [5.41, 5.74) is 17.5. The fraction of sp³-hybridized carbons (Fsp3) is 0.0714. The Bertz CT molecular complexity index is 6870. The summed E-state index contributed by atoms with van der Waals surface area (Å²) in [7, 11) is -8.00. The van der Waals surface area contributed by atoms with Crippen molar-refractivity contribution < 1.29 is 20.1 Å². The van der Waals surface area contributed by atoms with Crippen LogP contribution in [0.15, 0.2) is 510 Å². The smallest absolute Gasteiger partial charge is 0.339 e. The summed E-state index contributed by atoms with van der Waals surface area (Å²) in [5, 5.41) is 16.0.